The minimum atomic E-state index is -4.40. The molecule has 3 aromatic rings. The molecule has 0 radical (unpaired) electrons. The minimum Gasteiger partial charge on any atom is -0.254 e. The summed E-state index contributed by atoms with van der Waals surface area (Å²) in [5.41, 5.74) is 1.38. The van der Waals surface area contributed by atoms with E-state index in [0.717, 1.165) is 35.1 Å². The molecule has 0 saturated carbocycles. The molecule has 1 N–H and O–H groups in total. The normalized spacial score (nSPS) is 11.4. The quantitative estimate of drug-likeness (QED) is 0.775. The summed E-state index contributed by atoms with van der Waals surface area (Å²) >= 11 is 1.03. The fraction of sp³-hybridized carbons (Fsp3) is 0. The molecule has 23 heavy (non-hydrogen) atoms. The Kier molecular flexibility index (Phi) is 4.10. The molecule has 8 heteroatoms. The van der Waals surface area contributed by atoms with Crippen LogP contribution in [-0.2, 0) is 10.0 Å². The predicted molar refractivity (Wildman–Crippen MR) is 84.7 cm³/mol. The van der Waals surface area contributed by atoms with Gasteiger partial charge in [0.2, 0.25) is 0 Å². The Morgan fingerprint density at radius 2 is 1.61 bits per heavy atom. The molecule has 0 saturated heterocycles. The lowest BCUT2D eigenvalue weighted by Crippen LogP contribution is -2.16. The molecule has 1 heterocycles. The summed E-state index contributed by atoms with van der Waals surface area (Å²) in [4.78, 5) is 3.12. The third kappa shape index (κ3) is 3.22. The average molecular weight is 352 g/mol. The molecule has 3 rings (SSSR count). The van der Waals surface area contributed by atoms with Gasteiger partial charge in [0, 0.05) is 10.9 Å². The minimum absolute atomic E-state index is 0.0338. The zero-order valence-electron chi connectivity index (χ0n) is 11.5. The fourth-order valence-electron chi connectivity index (χ4n) is 1.97. The summed E-state index contributed by atoms with van der Waals surface area (Å²) in [6.45, 7) is 0. The van der Waals surface area contributed by atoms with Crippen LogP contribution in [0, 0.1) is 11.6 Å². The molecule has 0 aliphatic carbocycles. The van der Waals surface area contributed by atoms with E-state index in [9.17, 15) is 17.2 Å². The van der Waals surface area contributed by atoms with E-state index in [-0.39, 0.29) is 5.13 Å². The highest BCUT2D eigenvalue weighted by molar-refractivity contribution is 7.93. The first kappa shape index (κ1) is 15.6. The zero-order valence-corrected chi connectivity index (χ0v) is 13.2. The van der Waals surface area contributed by atoms with Crippen LogP contribution in [0.3, 0.4) is 0 Å². The Hall–Kier alpha value is -2.32. The number of thiazole rings is 1. The van der Waals surface area contributed by atoms with Gasteiger partial charge in [0.25, 0.3) is 10.0 Å². The van der Waals surface area contributed by atoms with Crippen molar-refractivity contribution in [3.63, 3.8) is 0 Å². The van der Waals surface area contributed by atoms with Crippen LogP contribution in [0.1, 0.15) is 0 Å². The molecule has 1 aromatic heterocycles. The van der Waals surface area contributed by atoms with Gasteiger partial charge in [0.05, 0.1) is 5.69 Å². The van der Waals surface area contributed by atoms with Gasteiger partial charge in [-0.15, -0.1) is 11.3 Å². The molecular formula is C15H10F2N2O2S2. The third-order valence-corrected chi connectivity index (χ3v) is 5.26. The van der Waals surface area contributed by atoms with Crippen molar-refractivity contribution in [3.05, 3.63) is 65.5 Å². The Morgan fingerprint density at radius 3 is 2.26 bits per heavy atom. The standard InChI is InChI=1S/C15H10F2N2O2S2/c16-11-7-4-8-12(17)14(11)23(20,21)19-15-18-13(9-22-15)10-5-2-1-3-6-10/h1-9H,(H,18,19). The maximum absolute atomic E-state index is 13.6. The molecule has 0 atom stereocenters. The lowest BCUT2D eigenvalue weighted by molar-refractivity contribution is 0.521. The van der Waals surface area contributed by atoms with Crippen molar-refractivity contribution < 1.29 is 17.2 Å². The number of nitrogens with zero attached hydrogens (tertiary/aromatic N) is 1. The lowest BCUT2D eigenvalue weighted by atomic mass is 10.2. The van der Waals surface area contributed by atoms with Crippen molar-refractivity contribution in [2.24, 2.45) is 0 Å². The monoisotopic (exact) mass is 352 g/mol. The number of aromatic nitrogens is 1. The molecule has 0 aliphatic heterocycles. The number of nitrogens with one attached hydrogen (secondary N) is 1. The van der Waals surface area contributed by atoms with Crippen LogP contribution in [0.5, 0.6) is 0 Å². The zero-order chi connectivity index (χ0) is 16.4. The van der Waals surface area contributed by atoms with Gasteiger partial charge < -0.3 is 0 Å². The summed E-state index contributed by atoms with van der Waals surface area (Å²) in [7, 11) is -4.40. The summed E-state index contributed by atoms with van der Waals surface area (Å²) in [5.74, 6) is -2.31. The Morgan fingerprint density at radius 1 is 0.957 bits per heavy atom. The predicted octanol–water partition coefficient (Wildman–Crippen LogP) is 3.89. The van der Waals surface area contributed by atoms with E-state index in [4.69, 9.17) is 0 Å². The summed E-state index contributed by atoms with van der Waals surface area (Å²) in [6.07, 6.45) is 0. The van der Waals surface area contributed by atoms with Crippen LogP contribution in [0.15, 0.2) is 58.8 Å². The van der Waals surface area contributed by atoms with E-state index in [1.807, 2.05) is 30.3 Å². The number of halogens is 2. The number of sulfonamides is 1. The molecule has 0 bridgehead atoms. The second-order valence-electron chi connectivity index (χ2n) is 4.56. The first-order chi connectivity index (χ1) is 11.0. The molecule has 2 aromatic carbocycles. The first-order valence-corrected chi connectivity index (χ1v) is 8.81. The highest BCUT2D eigenvalue weighted by Crippen LogP contribution is 2.27. The van der Waals surface area contributed by atoms with E-state index < -0.39 is 26.6 Å². The Labute approximate surface area is 135 Å². The molecule has 0 fully saturated rings. The highest BCUT2D eigenvalue weighted by Gasteiger charge is 2.24. The van der Waals surface area contributed by atoms with Crippen LogP contribution in [0.25, 0.3) is 11.3 Å². The number of anilines is 1. The van der Waals surface area contributed by atoms with Crippen molar-refractivity contribution in [2.75, 3.05) is 4.72 Å². The van der Waals surface area contributed by atoms with Gasteiger partial charge in [0.1, 0.15) is 11.6 Å². The van der Waals surface area contributed by atoms with Crippen molar-refractivity contribution in [3.8, 4) is 11.3 Å². The third-order valence-electron chi connectivity index (χ3n) is 2.98. The highest BCUT2D eigenvalue weighted by atomic mass is 32.2. The van der Waals surface area contributed by atoms with Crippen LogP contribution in [-0.4, -0.2) is 13.4 Å². The van der Waals surface area contributed by atoms with Crippen molar-refractivity contribution in [1.82, 2.24) is 4.98 Å². The Bertz CT molecular complexity index is 921. The number of rotatable bonds is 4. The topological polar surface area (TPSA) is 59.1 Å². The lowest BCUT2D eigenvalue weighted by Gasteiger charge is -2.07. The van der Waals surface area contributed by atoms with Gasteiger partial charge in [-0.1, -0.05) is 36.4 Å². The maximum atomic E-state index is 13.6. The summed E-state index contributed by atoms with van der Waals surface area (Å²) in [6, 6.07) is 12.0. The van der Waals surface area contributed by atoms with Crippen LogP contribution in [0.2, 0.25) is 0 Å². The number of benzene rings is 2. The van der Waals surface area contributed by atoms with Gasteiger partial charge in [0.15, 0.2) is 10.0 Å². The van der Waals surface area contributed by atoms with E-state index in [0.29, 0.717) is 5.69 Å². The fourth-order valence-corrected chi connectivity index (χ4v) is 4.08. The van der Waals surface area contributed by atoms with Crippen LogP contribution < -0.4 is 4.72 Å². The largest absolute Gasteiger partial charge is 0.269 e. The van der Waals surface area contributed by atoms with Gasteiger partial charge >= 0.3 is 0 Å². The maximum Gasteiger partial charge on any atom is 0.269 e. The number of hydrogen-bond acceptors (Lipinski definition) is 4. The first-order valence-electron chi connectivity index (χ1n) is 6.45. The molecule has 0 spiro atoms. The summed E-state index contributed by atoms with van der Waals surface area (Å²) in [5, 5.41) is 1.69. The number of hydrogen-bond donors (Lipinski definition) is 1. The van der Waals surface area contributed by atoms with Crippen LogP contribution in [0.4, 0.5) is 13.9 Å². The van der Waals surface area contributed by atoms with E-state index in [2.05, 4.69) is 9.71 Å². The van der Waals surface area contributed by atoms with E-state index in [1.165, 1.54) is 0 Å². The molecular weight excluding hydrogens is 342 g/mol. The van der Waals surface area contributed by atoms with Crippen LogP contribution >= 0.6 is 11.3 Å². The smallest absolute Gasteiger partial charge is 0.254 e. The second kappa shape index (κ2) is 6.05. The van der Waals surface area contributed by atoms with Gasteiger partial charge in [-0.25, -0.2) is 22.2 Å². The summed E-state index contributed by atoms with van der Waals surface area (Å²) < 4.78 is 53.7. The van der Waals surface area contributed by atoms with Gasteiger partial charge in [-0.3, -0.25) is 4.72 Å². The SMILES string of the molecule is O=S(=O)(Nc1nc(-c2ccccc2)cs1)c1c(F)cccc1F. The van der Waals surface area contributed by atoms with Crippen molar-refractivity contribution in [2.45, 2.75) is 4.90 Å². The van der Waals surface area contributed by atoms with E-state index >= 15 is 0 Å². The average Bonchev–Trinajstić information content (AvgIpc) is 2.95. The van der Waals surface area contributed by atoms with Gasteiger partial charge in [-0.05, 0) is 12.1 Å². The molecule has 0 amide bonds. The van der Waals surface area contributed by atoms with E-state index in [1.54, 1.807) is 5.38 Å². The second-order valence-corrected chi connectivity index (χ2v) is 7.04. The molecule has 4 nitrogen and oxygen atoms in total. The molecule has 0 aliphatic rings. The Balaban J connectivity index is 1.92. The van der Waals surface area contributed by atoms with Crippen molar-refractivity contribution in [1.29, 1.82) is 0 Å². The van der Waals surface area contributed by atoms with Gasteiger partial charge in [-0.2, -0.15) is 0 Å². The molecule has 0 unspecified atom stereocenters. The molecule has 118 valence electrons. The van der Waals surface area contributed by atoms with Crippen molar-refractivity contribution >= 4 is 26.5 Å².